The van der Waals surface area contributed by atoms with Crippen LogP contribution in [-0.2, 0) is 17.4 Å². The van der Waals surface area contributed by atoms with Crippen molar-refractivity contribution in [2.45, 2.75) is 12.6 Å². The second kappa shape index (κ2) is 7.03. The van der Waals surface area contributed by atoms with Crippen LogP contribution in [0.4, 0.5) is 13.2 Å². The summed E-state index contributed by atoms with van der Waals surface area (Å²) in [5, 5.41) is 9.29. The molecule has 0 atom stereocenters. The third-order valence-corrected chi connectivity index (χ3v) is 3.04. The number of carbonyl (C=O) groups excluding carboxylic acids is 2. The van der Waals surface area contributed by atoms with Gasteiger partial charge in [0.1, 0.15) is 5.75 Å². The van der Waals surface area contributed by atoms with Gasteiger partial charge in [-0.1, -0.05) is 18.2 Å². The summed E-state index contributed by atoms with van der Waals surface area (Å²) in [4.78, 5) is 23.5. The van der Waals surface area contributed by atoms with Crippen LogP contribution in [0.2, 0.25) is 0 Å². The van der Waals surface area contributed by atoms with Crippen molar-refractivity contribution in [1.82, 2.24) is 10.9 Å². The van der Waals surface area contributed by atoms with Crippen molar-refractivity contribution >= 4 is 11.8 Å². The number of hydrogen-bond acceptors (Lipinski definition) is 3. The van der Waals surface area contributed by atoms with E-state index in [-0.39, 0.29) is 17.7 Å². The van der Waals surface area contributed by atoms with E-state index >= 15 is 0 Å². The zero-order valence-electron chi connectivity index (χ0n) is 12.2. The van der Waals surface area contributed by atoms with Crippen LogP contribution in [0.15, 0.2) is 48.5 Å². The molecule has 0 heterocycles. The minimum Gasteiger partial charge on any atom is -0.508 e. The van der Waals surface area contributed by atoms with Crippen molar-refractivity contribution in [3.63, 3.8) is 0 Å². The van der Waals surface area contributed by atoms with Crippen molar-refractivity contribution in [3.05, 3.63) is 65.2 Å². The SMILES string of the molecule is O=C(Cc1cccc(O)c1)NNC(=O)c1cccc(C(F)(F)F)c1. The van der Waals surface area contributed by atoms with Crippen LogP contribution in [0.1, 0.15) is 21.5 Å². The molecular weight excluding hydrogens is 325 g/mol. The summed E-state index contributed by atoms with van der Waals surface area (Å²) in [5.41, 5.74) is 3.47. The zero-order chi connectivity index (χ0) is 17.7. The molecule has 126 valence electrons. The molecule has 0 spiro atoms. The summed E-state index contributed by atoms with van der Waals surface area (Å²) in [5.74, 6) is -1.46. The molecule has 0 radical (unpaired) electrons. The van der Waals surface area contributed by atoms with Gasteiger partial charge in [0.15, 0.2) is 0 Å². The normalized spacial score (nSPS) is 11.0. The predicted molar refractivity (Wildman–Crippen MR) is 78.9 cm³/mol. The molecule has 0 unspecified atom stereocenters. The minimum absolute atomic E-state index is 0.00620. The van der Waals surface area contributed by atoms with E-state index in [2.05, 4.69) is 5.43 Å². The largest absolute Gasteiger partial charge is 0.508 e. The number of benzene rings is 2. The molecule has 0 fully saturated rings. The second-order valence-electron chi connectivity index (χ2n) is 4.93. The van der Waals surface area contributed by atoms with Crippen LogP contribution < -0.4 is 10.9 Å². The van der Waals surface area contributed by atoms with E-state index in [1.54, 1.807) is 12.1 Å². The molecule has 8 heteroatoms. The Labute approximate surface area is 135 Å². The van der Waals surface area contributed by atoms with Gasteiger partial charge in [-0.25, -0.2) is 0 Å². The third-order valence-electron chi connectivity index (χ3n) is 3.04. The van der Waals surface area contributed by atoms with E-state index in [1.807, 2.05) is 5.43 Å². The molecule has 5 nitrogen and oxygen atoms in total. The lowest BCUT2D eigenvalue weighted by atomic mass is 10.1. The van der Waals surface area contributed by atoms with Crippen LogP contribution in [0.5, 0.6) is 5.75 Å². The maximum Gasteiger partial charge on any atom is 0.416 e. The number of phenolic OH excluding ortho intramolecular Hbond substituents is 1. The average molecular weight is 338 g/mol. The summed E-state index contributed by atoms with van der Waals surface area (Å²) in [6.45, 7) is 0. The summed E-state index contributed by atoms with van der Waals surface area (Å²) in [6.07, 6.45) is -4.67. The van der Waals surface area contributed by atoms with Crippen LogP contribution >= 0.6 is 0 Å². The molecule has 0 aliphatic carbocycles. The molecule has 0 aromatic heterocycles. The fourth-order valence-corrected chi connectivity index (χ4v) is 1.93. The number of alkyl halides is 3. The molecule has 2 rings (SSSR count). The summed E-state index contributed by atoms with van der Waals surface area (Å²) < 4.78 is 37.8. The van der Waals surface area contributed by atoms with Gasteiger partial charge >= 0.3 is 6.18 Å². The highest BCUT2D eigenvalue weighted by molar-refractivity contribution is 5.95. The van der Waals surface area contributed by atoms with Crippen molar-refractivity contribution in [2.24, 2.45) is 0 Å². The fourth-order valence-electron chi connectivity index (χ4n) is 1.93. The van der Waals surface area contributed by atoms with Crippen LogP contribution in [0, 0.1) is 0 Å². The highest BCUT2D eigenvalue weighted by Gasteiger charge is 2.30. The van der Waals surface area contributed by atoms with Gasteiger partial charge in [-0.05, 0) is 35.9 Å². The topological polar surface area (TPSA) is 78.4 Å². The van der Waals surface area contributed by atoms with Gasteiger partial charge in [0.05, 0.1) is 12.0 Å². The maximum atomic E-state index is 12.6. The third kappa shape index (κ3) is 4.73. The lowest BCUT2D eigenvalue weighted by Gasteiger charge is -2.10. The van der Waals surface area contributed by atoms with E-state index in [0.717, 1.165) is 12.1 Å². The Morgan fingerprint density at radius 3 is 2.38 bits per heavy atom. The second-order valence-corrected chi connectivity index (χ2v) is 4.93. The van der Waals surface area contributed by atoms with Crippen LogP contribution in [-0.4, -0.2) is 16.9 Å². The number of aromatic hydroxyl groups is 1. The van der Waals surface area contributed by atoms with Gasteiger partial charge in [0.2, 0.25) is 5.91 Å². The van der Waals surface area contributed by atoms with Gasteiger partial charge in [0.25, 0.3) is 5.91 Å². The molecule has 3 N–H and O–H groups in total. The first-order valence-electron chi connectivity index (χ1n) is 6.80. The van der Waals surface area contributed by atoms with E-state index in [1.165, 1.54) is 18.2 Å². The number of carbonyl (C=O) groups is 2. The van der Waals surface area contributed by atoms with Crippen molar-refractivity contribution in [2.75, 3.05) is 0 Å². The zero-order valence-corrected chi connectivity index (χ0v) is 12.2. The van der Waals surface area contributed by atoms with E-state index in [9.17, 15) is 27.9 Å². The number of nitrogens with one attached hydrogen (secondary N) is 2. The molecular formula is C16H13F3N2O3. The fraction of sp³-hybridized carbons (Fsp3) is 0.125. The first kappa shape index (κ1) is 17.3. The Hall–Kier alpha value is -3.03. The molecule has 0 saturated heterocycles. The summed E-state index contributed by atoms with van der Waals surface area (Å²) in [7, 11) is 0. The monoisotopic (exact) mass is 338 g/mol. The number of hydrogen-bond donors (Lipinski definition) is 3. The minimum atomic E-state index is -4.56. The molecule has 2 aromatic rings. The van der Waals surface area contributed by atoms with Gasteiger partial charge < -0.3 is 5.11 Å². The number of phenols is 1. The van der Waals surface area contributed by atoms with E-state index in [4.69, 9.17) is 0 Å². The number of halogens is 3. The molecule has 0 aliphatic heterocycles. The Morgan fingerprint density at radius 2 is 1.71 bits per heavy atom. The smallest absolute Gasteiger partial charge is 0.416 e. The van der Waals surface area contributed by atoms with Crippen molar-refractivity contribution in [1.29, 1.82) is 0 Å². The lowest BCUT2D eigenvalue weighted by molar-refractivity contribution is -0.137. The van der Waals surface area contributed by atoms with Crippen LogP contribution in [0.3, 0.4) is 0 Å². The Morgan fingerprint density at radius 1 is 1.00 bits per heavy atom. The van der Waals surface area contributed by atoms with Crippen molar-refractivity contribution < 1.29 is 27.9 Å². The lowest BCUT2D eigenvalue weighted by Crippen LogP contribution is -2.42. The van der Waals surface area contributed by atoms with E-state index in [0.29, 0.717) is 11.6 Å². The quantitative estimate of drug-likeness (QED) is 0.752. The van der Waals surface area contributed by atoms with Gasteiger partial charge in [-0.2, -0.15) is 13.2 Å². The maximum absolute atomic E-state index is 12.6. The first-order valence-corrected chi connectivity index (χ1v) is 6.80. The first-order chi connectivity index (χ1) is 11.3. The van der Waals surface area contributed by atoms with Crippen LogP contribution in [0.25, 0.3) is 0 Å². The average Bonchev–Trinajstić information content (AvgIpc) is 2.52. The Kier molecular flexibility index (Phi) is 5.08. The molecule has 24 heavy (non-hydrogen) atoms. The molecule has 0 saturated carbocycles. The number of amides is 2. The van der Waals surface area contributed by atoms with E-state index < -0.39 is 23.6 Å². The summed E-state index contributed by atoms with van der Waals surface area (Å²) in [6, 6.07) is 9.82. The molecule has 0 bridgehead atoms. The number of hydrazine groups is 1. The van der Waals surface area contributed by atoms with Gasteiger partial charge in [0, 0.05) is 5.56 Å². The molecule has 2 aromatic carbocycles. The number of rotatable bonds is 3. The van der Waals surface area contributed by atoms with Crippen molar-refractivity contribution in [3.8, 4) is 5.75 Å². The Bertz CT molecular complexity index is 760. The Balaban J connectivity index is 1.94. The highest BCUT2D eigenvalue weighted by atomic mass is 19.4. The van der Waals surface area contributed by atoms with Gasteiger partial charge in [-0.3, -0.25) is 20.4 Å². The molecule has 2 amide bonds. The predicted octanol–water partition coefficient (Wildman–Crippen LogP) is 2.41. The highest BCUT2D eigenvalue weighted by Crippen LogP contribution is 2.29. The standard InChI is InChI=1S/C16H13F3N2O3/c17-16(18,19)12-5-2-4-11(9-12)15(24)21-20-14(23)8-10-3-1-6-13(22)7-10/h1-7,9,22H,8H2,(H,20,23)(H,21,24). The molecule has 0 aliphatic rings. The van der Waals surface area contributed by atoms with Gasteiger partial charge in [-0.15, -0.1) is 0 Å². The summed E-state index contributed by atoms with van der Waals surface area (Å²) >= 11 is 0.